The standard InChI is InChI=1S/C21H12N4.HNO3/c1-4-10-16-13(7-1)19-14-8-2-5-11-17(14)23-21-24-18-12-6-3-9-15(18)20(22-16)25(19)21;2-1(3)4/h1-12H;(H,2,3,4). The van der Waals surface area contributed by atoms with Gasteiger partial charge in [-0.1, -0.05) is 48.5 Å². The molecule has 0 saturated heterocycles. The number of hydrogen-bond donors (Lipinski definition) is 1. The van der Waals surface area contributed by atoms with Crippen LogP contribution < -0.4 is 10.6 Å². The minimum absolute atomic E-state index is 0.681. The molecule has 0 saturated carbocycles. The predicted molar refractivity (Wildman–Crippen MR) is 107 cm³/mol. The van der Waals surface area contributed by atoms with Crippen molar-refractivity contribution in [3.63, 3.8) is 0 Å². The van der Waals surface area contributed by atoms with E-state index in [-0.39, 0.29) is 0 Å². The Hall–Kier alpha value is -4.33. The summed E-state index contributed by atoms with van der Waals surface area (Å²) in [4.78, 5) is 25.0. The van der Waals surface area contributed by atoms with Gasteiger partial charge in [0.15, 0.2) is 0 Å². The van der Waals surface area contributed by atoms with Crippen LogP contribution in [0.3, 0.4) is 0 Å². The minimum atomic E-state index is -1.50. The van der Waals surface area contributed by atoms with Gasteiger partial charge in [-0.05, 0) is 24.3 Å². The highest BCUT2D eigenvalue weighted by atomic mass is 16.9. The molecule has 0 aliphatic carbocycles. The third-order valence-electron chi connectivity index (χ3n) is 4.77. The molecule has 3 aliphatic heterocycles. The average Bonchev–Trinajstić information content (AvgIpc) is 2.73. The predicted octanol–water partition coefficient (Wildman–Crippen LogP) is 2.52. The molecule has 0 radical (unpaired) electrons. The van der Waals surface area contributed by atoms with Crippen molar-refractivity contribution in [2.24, 2.45) is 15.0 Å². The van der Waals surface area contributed by atoms with E-state index < -0.39 is 5.09 Å². The molecule has 0 fully saturated rings. The third-order valence-corrected chi connectivity index (χ3v) is 4.77. The van der Waals surface area contributed by atoms with Gasteiger partial charge in [0.25, 0.3) is 5.09 Å². The molecule has 0 aromatic heterocycles. The van der Waals surface area contributed by atoms with Crippen molar-refractivity contribution in [3.8, 4) is 0 Å². The Kier molecular flexibility index (Phi) is 3.70. The van der Waals surface area contributed by atoms with Crippen molar-refractivity contribution in [1.29, 1.82) is 0 Å². The molecule has 0 spiro atoms. The summed E-state index contributed by atoms with van der Waals surface area (Å²) in [6.07, 6.45) is 0. The maximum atomic E-state index is 8.36. The number of guanidine groups is 1. The van der Waals surface area contributed by atoms with Crippen LogP contribution in [0.2, 0.25) is 0 Å². The number of hydrogen-bond acceptors (Lipinski definition) is 6. The van der Waals surface area contributed by atoms with Crippen LogP contribution in [0.1, 0.15) is 11.1 Å². The second kappa shape index (κ2) is 6.38. The van der Waals surface area contributed by atoms with Crippen molar-refractivity contribution in [3.05, 3.63) is 105 Å². The maximum absolute atomic E-state index is 8.36. The molecule has 3 heterocycles. The molecule has 8 heteroatoms. The van der Waals surface area contributed by atoms with Gasteiger partial charge in [0, 0.05) is 16.3 Å². The molecule has 1 N–H and O–H groups in total. The summed E-state index contributed by atoms with van der Waals surface area (Å²) in [6.45, 7) is 0. The van der Waals surface area contributed by atoms with E-state index in [2.05, 4.69) is 41.3 Å². The highest BCUT2D eigenvalue weighted by molar-refractivity contribution is 6.22. The van der Waals surface area contributed by atoms with E-state index in [0.717, 1.165) is 44.6 Å². The SMILES string of the molecule is O=[N+]([O-])O.c1ccc2c(c1)N=C1N=c3ccccc3=C3c4ccccc4N=C2N13. The smallest absolute Gasteiger partial charge is 0.291 e. The Balaban J connectivity index is 0.000000419. The summed E-state index contributed by atoms with van der Waals surface area (Å²) in [5, 5.41) is 15.7. The zero-order valence-corrected chi connectivity index (χ0v) is 14.9. The number of para-hydroxylation sites is 3. The van der Waals surface area contributed by atoms with Crippen LogP contribution in [0.15, 0.2) is 87.8 Å². The number of fused-ring (bicyclic) bond motifs is 5. The van der Waals surface area contributed by atoms with Crippen molar-refractivity contribution in [2.75, 3.05) is 0 Å². The van der Waals surface area contributed by atoms with E-state index in [4.69, 9.17) is 30.3 Å². The number of amidine groups is 1. The monoisotopic (exact) mass is 383 g/mol. The van der Waals surface area contributed by atoms with Crippen LogP contribution in [-0.2, 0) is 0 Å². The van der Waals surface area contributed by atoms with Crippen molar-refractivity contribution >= 4 is 28.9 Å². The quantitative estimate of drug-likeness (QED) is 0.476. The molecule has 29 heavy (non-hydrogen) atoms. The molecule has 3 aromatic carbocycles. The van der Waals surface area contributed by atoms with E-state index in [1.165, 1.54) is 0 Å². The molecular weight excluding hydrogens is 370 g/mol. The molecule has 3 aromatic rings. The third kappa shape index (κ3) is 2.66. The maximum Gasteiger partial charge on any atom is 0.291 e. The number of nitrogens with zero attached hydrogens (tertiary/aromatic N) is 5. The Morgan fingerprint density at radius 1 is 0.793 bits per heavy atom. The van der Waals surface area contributed by atoms with E-state index >= 15 is 0 Å². The summed E-state index contributed by atoms with van der Waals surface area (Å²) in [7, 11) is 0. The van der Waals surface area contributed by atoms with Gasteiger partial charge in [-0.3, -0.25) is 4.90 Å². The normalized spacial score (nSPS) is 14.5. The lowest BCUT2D eigenvalue weighted by atomic mass is 9.99. The van der Waals surface area contributed by atoms with E-state index in [1.54, 1.807) is 0 Å². The van der Waals surface area contributed by atoms with Crippen molar-refractivity contribution < 1.29 is 10.3 Å². The molecule has 0 bridgehead atoms. The van der Waals surface area contributed by atoms with Crippen molar-refractivity contribution in [1.82, 2.24) is 4.90 Å². The first-order valence-corrected chi connectivity index (χ1v) is 8.81. The summed E-state index contributed by atoms with van der Waals surface area (Å²) >= 11 is 0. The van der Waals surface area contributed by atoms with E-state index in [1.807, 2.05) is 36.4 Å². The summed E-state index contributed by atoms with van der Waals surface area (Å²) in [5.74, 6) is 1.58. The highest BCUT2D eigenvalue weighted by Gasteiger charge is 2.35. The first-order valence-electron chi connectivity index (χ1n) is 8.81. The average molecular weight is 383 g/mol. The van der Waals surface area contributed by atoms with Gasteiger partial charge < -0.3 is 5.21 Å². The number of aliphatic imine (C=N–C) groups is 2. The lowest BCUT2D eigenvalue weighted by molar-refractivity contribution is -0.742. The molecule has 8 nitrogen and oxygen atoms in total. The highest BCUT2D eigenvalue weighted by Crippen LogP contribution is 2.39. The lowest BCUT2D eigenvalue weighted by Crippen LogP contribution is -2.49. The van der Waals surface area contributed by atoms with Crippen LogP contribution in [0.5, 0.6) is 0 Å². The first kappa shape index (κ1) is 16.8. The van der Waals surface area contributed by atoms with Crippen molar-refractivity contribution in [2.45, 2.75) is 0 Å². The fourth-order valence-electron chi connectivity index (χ4n) is 3.67. The van der Waals surface area contributed by atoms with Crippen LogP contribution in [0, 0.1) is 10.1 Å². The Labute approximate surface area is 164 Å². The Morgan fingerprint density at radius 2 is 1.38 bits per heavy atom. The van der Waals surface area contributed by atoms with E-state index in [0.29, 0.717) is 5.96 Å². The second-order valence-corrected chi connectivity index (χ2v) is 6.43. The summed E-state index contributed by atoms with van der Waals surface area (Å²) < 4.78 is 0. The topological polar surface area (TPSA) is 104 Å². The fourth-order valence-corrected chi connectivity index (χ4v) is 3.67. The number of rotatable bonds is 0. The van der Waals surface area contributed by atoms with Crippen LogP contribution in [0.4, 0.5) is 11.4 Å². The van der Waals surface area contributed by atoms with Crippen LogP contribution in [0.25, 0.3) is 5.70 Å². The van der Waals surface area contributed by atoms with Crippen LogP contribution in [-0.4, -0.2) is 27.0 Å². The first-order chi connectivity index (χ1) is 14.1. The second-order valence-electron chi connectivity index (χ2n) is 6.43. The van der Waals surface area contributed by atoms with Gasteiger partial charge in [0.1, 0.15) is 5.84 Å². The molecular formula is C21H13N5O3. The fraction of sp³-hybridized carbons (Fsp3) is 0. The van der Waals surface area contributed by atoms with Gasteiger partial charge >= 0.3 is 0 Å². The van der Waals surface area contributed by atoms with Gasteiger partial charge in [0.2, 0.25) is 5.96 Å². The summed E-state index contributed by atoms with van der Waals surface area (Å²) in [5.41, 5.74) is 5.15. The Bertz CT molecular complexity index is 1360. The zero-order chi connectivity index (χ0) is 20.0. The van der Waals surface area contributed by atoms with Gasteiger partial charge in [0.05, 0.1) is 22.4 Å². The van der Waals surface area contributed by atoms with Gasteiger partial charge in [-0.15, -0.1) is 10.1 Å². The number of benzene rings is 3. The molecule has 3 aliphatic rings. The molecule has 0 amide bonds. The zero-order valence-electron chi connectivity index (χ0n) is 14.9. The lowest BCUT2D eigenvalue weighted by Gasteiger charge is -2.36. The van der Waals surface area contributed by atoms with Gasteiger partial charge in [-0.25, -0.2) is 15.0 Å². The van der Waals surface area contributed by atoms with Gasteiger partial charge in [-0.2, -0.15) is 0 Å². The molecule has 6 rings (SSSR count). The van der Waals surface area contributed by atoms with Crippen LogP contribution >= 0.6 is 0 Å². The molecule has 140 valence electrons. The molecule has 0 atom stereocenters. The van der Waals surface area contributed by atoms with E-state index in [9.17, 15) is 0 Å². The largest absolute Gasteiger partial charge is 0.328 e. The summed E-state index contributed by atoms with van der Waals surface area (Å²) in [6, 6.07) is 24.6. The Morgan fingerprint density at radius 3 is 2.14 bits per heavy atom. The molecule has 0 unspecified atom stereocenters. The minimum Gasteiger partial charge on any atom is -0.328 e.